The Morgan fingerprint density at radius 1 is 1.00 bits per heavy atom. The summed E-state index contributed by atoms with van der Waals surface area (Å²) >= 11 is 6.14. The van der Waals surface area contributed by atoms with Crippen LogP contribution in [-0.2, 0) is 4.79 Å². The largest absolute Gasteiger partial charge is 0.318 e. The van der Waals surface area contributed by atoms with Crippen LogP contribution in [0.5, 0.6) is 0 Å². The molecule has 0 fully saturated rings. The van der Waals surface area contributed by atoms with Gasteiger partial charge in [0.05, 0.1) is 11.3 Å². The van der Waals surface area contributed by atoms with Crippen LogP contribution in [0.25, 0.3) is 11.3 Å². The van der Waals surface area contributed by atoms with Gasteiger partial charge in [-0.1, -0.05) is 41.9 Å². The molecule has 3 aromatic rings. The molecule has 0 radical (unpaired) electrons. The van der Waals surface area contributed by atoms with Crippen molar-refractivity contribution in [2.75, 3.05) is 23.9 Å². The van der Waals surface area contributed by atoms with Crippen LogP contribution in [0.1, 0.15) is 10.4 Å². The van der Waals surface area contributed by atoms with E-state index in [2.05, 4.69) is 4.98 Å². The van der Waals surface area contributed by atoms with Crippen LogP contribution in [0, 0.1) is 0 Å². The van der Waals surface area contributed by atoms with Crippen LogP contribution in [0.15, 0.2) is 66.9 Å². The summed E-state index contributed by atoms with van der Waals surface area (Å²) in [5.74, 6) is -0.218. The van der Waals surface area contributed by atoms with Crippen molar-refractivity contribution in [2.24, 2.45) is 0 Å². The molecule has 0 aliphatic rings. The Morgan fingerprint density at radius 3 is 2.33 bits per heavy atom. The number of hydrogen-bond donors (Lipinski definition) is 0. The smallest absolute Gasteiger partial charge is 0.259 e. The number of aromatic nitrogens is 1. The van der Waals surface area contributed by atoms with Gasteiger partial charge in [-0.25, -0.2) is 0 Å². The highest BCUT2D eigenvalue weighted by Crippen LogP contribution is 2.27. The van der Waals surface area contributed by atoms with Crippen molar-refractivity contribution in [1.29, 1.82) is 0 Å². The van der Waals surface area contributed by atoms with E-state index >= 15 is 0 Å². The van der Waals surface area contributed by atoms with Gasteiger partial charge in [0, 0.05) is 42.3 Å². The van der Waals surface area contributed by atoms with Crippen LogP contribution in [0.2, 0.25) is 5.02 Å². The van der Waals surface area contributed by atoms with E-state index < -0.39 is 0 Å². The van der Waals surface area contributed by atoms with Gasteiger partial charge in [0.1, 0.15) is 0 Å². The summed E-state index contributed by atoms with van der Waals surface area (Å²) in [5.41, 5.74) is 3.43. The minimum Gasteiger partial charge on any atom is -0.318 e. The van der Waals surface area contributed by atoms with Gasteiger partial charge in [0.2, 0.25) is 6.41 Å². The fraction of sp³-hybridized carbons (Fsp3) is 0.0952. The SMILES string of the molecule is CN(C=O)c1cc(Cl)cc(N(C)C(=O)c2ccc(-c3ccccc3)nc2)c1. The van der Waals surface area contributed by atoms with Crippen LogP contribution in [0.4, 0.5) is 11.4 Å². The highest BCUT2D eigenvalue weighted by atomic mass is 35.5. The Balaban J connectivity index is 1.85. The van der Waals surface area contributed by atoms with Crippen LogP contribution in [0.3, 0.4) is 0 Å². The van der Waals surface area contributed by atoms with Crippen molar-refractivity contribution in [2.45, 2.75) is 0 Å². The lowest BCUT2D eigenvalue weighted by Crippen LogP contribution is -2.26. The normalized spacial score (nSPS) is 10.3. The molecule has 0 aliphatic heterocycles. The molecule has 1 aromatic heterocycles. The Labute approximate surface area is 162 Å². The number of halogens is 1. The number of carbonyl (C=O) groups is 2. The first-order valence-corrected chi connectivity index (χ1v) is 8.65. The van der Waals surface area contributed by atoms with Gasteiger partial charge in [0.25, 0.3) is 5.91 Å². The summed E-state index contributed by atoms with van der Waals surface area (Å²) in [4.78, 5) is 31.1. The molecule has 0 atom stereocenters. The van der Waals surface area contributed by atoms with Crippen LogP contribution < -0.4 is 9.80 Å². The lowest BCUT2D eigenvalue weighted by atomic mass is 10.1. The molecule has 0 spiro atoms. The van der Waals surface area contributed by atoms with Gasteiger partial charge < -0.3 is 9.80 Å². The molecule has 5 nitrogen and oxygen atoms in total. The fourth-order valence-corrected chi connectivity index (χ4v) is 2.85. The summed E-state index contributed by atoms with van der Waals surface area (Å²) in [6.45, 7) is 0. The second kappa shape index (κ2) is 8.01. The molecule has 2 aromatic carbocycles. The second-order valence-corrected chi connectivity index (χ2v) is 6.48. The highest BCUT2D eigenvalue weighted by Gasteiger charge is 2.16. The number of anilines is 2. The molecule has 27 heavy (non-hydrogen) atoms. The molecule has 2 amide bonds. The minimum atomic E-state index is -0.218. The summed E-state index contributed by atoms with van der Waals surface area (Å²) in [6.07, 6.45) is 2.24. The maximum Gasteiger partial charge on any atom is 0.259 e. The summed E-state index contributed by atoms with van der Waals surface area (Å²) in [5, 5.41) is 0.438. The first kappa shape index (κ1) is 18.6. The van der Waals surface area contributed by atoms with Crippen molar-refractivity contribution >= 4 is 35.3 Å². The molecular weight excluding hydrogens is 362 g/mol. The van der Waals surface area contributed by atoms with Gasteiger partial charge in [-0.05, 0) is 30.3 Å². The molecule has 6 heteroatoms. The number of carbonyl (C=O) groups excluding carboxylic acids is 2. The van der Waals surface area contributed by atoms with E-state index in [1.165, 1.54) is 9.80 Å². The molecule has 136 valence electrons. The summed E-state index contributed by atoms with van der Waals surface area (Å²) < 4.78 is 0. The van der Waals surface area contributed by atoms with E-state index in [-0.39, 0.29) is 5.91 Å². The van der Waals surface area contributed by atoms with Crippen molar-refractivity contribution in [1.82, 2.24) is 4.98 Å². The third kappa shape index (κ3) is 4.15. The van der Waals surface area contributed by atoms with E-state index in [0.717, 1.165) is 11.3 Å². The average molecular weight is 380 g/mol. The molecular formula is C21H18ClN3O2. The fourth-order valence-electron chi connectivity index (χ4n) is 2.63. The monoisotopic (exact) mass is 379 g/mol. The molecule has 1 heterocycles. The Bertz CT molecular complexity index is 959. The van der Waals surface area contributed by atoms with Gasteiger partial charge >= 0.3 is 0 Å². The lowest BCUT2D eigenvalue weighted by molar-refractivity contribution is -0.107. The first-order chi connectivity index (χ1) is 13.0. The third-order valence-electron chi connectivity index (χ3n) is 4.20. The molecule has 0 aliphatic carbocycles. The van der Waals surface area contributed by atoms with Gasteiger partial charge in [0.15, 0.2) is 0 Å². The number of rotatable bonds is 5. The van der Waals surface area contributed by atoms with Crippen molar-refractivity contribution in [3.05, 3.63) is 77.4 Å². The molecule has 0 unspecified atom stereocenters. The Hall–Kier alpha value is -3.18. The zero-order valence-electron chi connectivity index (χ0n) is 15.0. The zero-order valence-corrected chi connectivity index (χ0v) is 15.7. The van der Waals surface area contributed by atoms with Crippen molar-refractivity contribution in [3.8, 4) is 11.3 Å². The predicted octanol–water partition coefficient (Wildman–Crippen LogP) is 4.27. The molecule has 0 bridgehead atoms. The minimum absolute atomic E-state index is 0.218. The van der Waals surface area contributed by atoms with Crippen molar-refractivity contribution in [3.63, 3.8) is 0 Å². The number of hydrogen-bond acceptors (Lipinski definition) is 3. The van der Waals surface area contributed by atoms with Gasteiger partial charge in [-0.3, -0.25) is 14.6 Å². The average Bonchev–Trinajstić information content (AvgIpc) is 2.72. The van der Waals surface area contributed by atoms with Crippen LogP contribution >= 0.6 is 11.6 Å². The van der Waals surface area contributed by atoms with E-state index in [1.54, 1.807) is 44.6 Å². The van der Waals surface area contributed by atoms with E-state index in [1.807, 2.05) is 36.4 Å². The Morgan fingerprint density at radius 2 is 1.70 bits per heavy atom. The topological polar surface area (TPSA) is 53.5 Å². The first-order valence-electron chi connectivity index (χ1n) is 8.28. The summed E-state index contributed by atoms with van der Waals surface area (Å²) in [6, 6.07) is 18.4. The second-order valence-electron chi connectivity index (χ2n) is 6.05. The molecule has 0 saturated carbocycles. The maximum atomic E-state index is 12.8. The lowest BCUT2D eigenvalue weighted by Gasteiger charge is -2.20. The van der Waals surface area contributed by atoms with Crippen LogP contribution in [-0.4, -0.2) is 31.4 Å². The molecule has 0 N–H and O–H groups in total. The van der Waals surface area contributed by atoms with E-state index in [4.69, 9.17) is 11.6 Å². The van der Waals surface area contributed by atoms with Crippen molar-refractivity contribution < 1.29 is 9.59 Å². The third-order valence-corrected chi connectivity index (χ3v) is 4.42. The highest BCUT2D eigenvalue weighted by molar-refractivity contribution is 6.31. The maximum absolute atomic E-state index is 12.8. The van der Waals surface area contributed by atoms with E-state index in [9.17, 15) is 9.59 Å². The Kier molecular flexibility index (Phi) is 5.52. The van der Waals surface area contributed by atoms with E-state index in [0.29, 0.717) is 28.4 Å². The van der Waals surface area contributed by atoms with Gasteiger partial charge in [-0.15, -0.1) is 0 Å². The standard InChI is InChI=1S/C21H18ClN3O2/c1-24(14-26)18-10-17(22)11-19(12-18)25(2)21(27)16-8-9-20(23-13-16)15-6-4-3-5-7-15/h3-14H,1-2H3. The molecule has 3 rings (SSSR count). The predicted molar refractivity (Wildman–Crippen MR) is 108 cm³/mol. The zero-order chi connectivity index (χ0) is 19.4. The molecule has 0 saturated heterocycles. The number of nitrogens with zero attached hydrogens (tertiary/aromatic N) is 3. The quantitative estimate of drug-likeness (QED) is 0.622. The number of pyridine rings is 1. The number of benzene rings is 2. The summed E-state index contributed by atoms with van der Waals surface area (Å²) in [7, 11) is 3.28. The van der Waals surface area contributed by atoms with Gasteiger partial charge in [-0.2, -0.15) is 0 Å². The number of amides is 2.